The van der Waals surface area contributed by atoms with Crippen molar-refractivity contribution in [3.8, 4) is 11.5 Å². The first kappa shape index (κ1) is 11.6. The van der Waals surface area contributed by atoms with Crippen molar-refractivity contribution >= 4 is 17.1 Å². The third-order valence-corrected chi connectivity index (χ3v) is 2.83. The van der Waals surface area contributed by atoms with Gasteiger partial charge >= 0.3 is 0 Å². The second-order valence-corrected chi connectivity index (χ2v) is 4.22. The van der Waals surface area contributed by atoms with Gasteiger partial charge in [0.05, 0.1) is 5.69 Å². The van der Waals surface area contributed by atoms with Crippen LogP contribution in [0.1, 0.15) is 0 Å². The highest BCUT2D eigenvalue weighted by molar-refractivity contribution is 5.65. The first-order chi connectivity index (χ1) is 9.22. The van der Waals surface area contributed by atoms with Crippen LogP contribution < -0.4 is 20.5 Å². The van der Waals surface area contributed by atoms with E-state index >= 15 is 0 Å². The van der Waals surface area contributed by atoms with Crippen LogP contribution in [0.4, 0.5) is 21.5 Å². The largest absolute Gasteiger partial charge is 0.486 e. The molecule has 2 aromatic rings. The number of hydrogen-bond acceptors (Lipinski definition) is 4. The number of fused-ring (bicyclic) bond motifs is 1. The molecule has 2 aromatic carbocycles. The highest BCUT2D eigenvalue weighted by atomic mass is 19.1. The van der Waals surface area contributed by atoms with Gasteiger partial charge in [-0.2, -0.15) is 0 Å². The highest BCUT2D eigenvalue weighted by Crippen LogP contribution is 2.33. The summed E-state index contributed by atoms with van der Waals surface area (Å²) in [5.74, 6) is 0.968. The van der Waals surface area contributed by atoms with Gasteiger partial charge in [-0.05, 0) is 30.3 Å². The fraction of sp³-hybridized carbons (Fsp3) is 0.143. The lowest BCUT2D eigenvalue weighted by Gasteiger charge is -2.19. The summed E-state index contributed by atoms with van der Waals surface area (Å²) in [4.78, 5) is 0. The first-order valence-corrected chi connectivity index (χ1v) is 5.94. The highest BCUT2D eigenvalue weighted by Gasteiger charge is 2.11. The molecule has 0 bridgehead atoms. The van der Waals surface area contributed by atoms with Crippen molar-refractivity contribution in [3.05, 3.63) is 42.2 Å². The van der Waals surface area contributed by atoms with Gasteiger partial charge in [-0.25, -0.2) is 4.39 Å². The Morgan fingerprint density at radius 1 is 0.947 bits per heavy atom. The topological polar surface area (TPSA) is 56.5 Å². The molecule has 0 aliphatic carbocycles. The van der Waals surface area contributed by atoms with E-state index < -0.39 is 5.82 Å². The molecule has 0 atom stereocenters. The zero-order valence-corrected chi connectivity index (χ0v) is 10.2. The molecular formula is C14H13FN2O2. The number of halogens is 1. The summed E-state index contributed by atoms with van der Waals surface area (Å²) in [5, 5.41) is 3.09. The van der Waals surface area contributed by atoms with E-state index in [1.807, 2.05) is 18.2 Å². The van der Waals surface area contributed by atoms with E-state index in [-0.39, 0.29) is 5.69 Å². The van der Waals surface area contributed by atoms with Crippen LogP contribution in [0.25, 0.3) is 0 Å². The van der Waals surface area contributed by atoms with Gasteiger partial charge in [-0.1, -0.05) is 0 Å². The molecule has 1 aliphatic rings. The SMILES string of the molecule is Nc1ccc(Nc2ccc3c(c2)OCCO3)cc1F. The second kappa shape index (κ2) is 4.68. The van der Waals surface area contributed by atoms with E-state index in [4.69, 9.17) is 15.2 Å². The lowest BCUT2D eigenvalue weighted by molar-refractivity contribution is 0.171. The van der Waals surface area contributed by atoms with Crippen LogP contribution in [0, 0.1) is 5.82 Å². The minimum atomic E-state index is -0.442. The molecule has 0 radical (unpaired) electrons. The summed E-state index contributed by atoms with van der Waals surface area (Å²) in [7, 11) is 0. The van der Waals surface area contributed by atoms with E-state index in [1.165, 1.54) is 12.1 Å². The minimum absolute atomic E-state index is 0.132. The number of rotatable bonds is 2. The molecule has 3 rings (SSSR count). The second-order valence-electron chi connectivity index (χ2n) is 4.22. The normalized spacial score (nSPS) is 13.1. The van der Waals surface area contributed by atoms with Crippen LogP contribution in [0.15, 0.2) is 36.4 Å². The molecule has 5 heteroatoms. The van der Waals surface area contributed by atoms with Gasteiger partial charge in [0.2, 0.25) is 0 Å². The van der Waals surface area contributed by atoms with E-state index in [0.717, 1.165) is 11.4 Å². The van der Waals surface area contributed by atoms with E-state index in [1.54, 1.807) is 6.07 Å². The monoisotopic (exact) mass is 260 g/mol. The summed E-state index contributed by atoms with van der Waals surface area (Å²) >= 11 is 0. The molecule has 0 fully saturated rings. The predicted octanol–water partition coefficient (Wildman–Crippen LogP) is 2.92. The smallest absolute Gasteiger partial charge is 0.163 e. The number of hydrogen-bond donors (Lipinski definition) is 2. The molecule has 1 aliphatic heterocycles. The zero-order chi connectivity index (χ0) is 13.2. The molecule has 3 N–H and O–H groups in total. The summed E-state index contributed by atoms with van der Waals surface area (Å²) in [6.07, 6.45) is 0. The van der Waals surface area contributed by atoms with Crippen LogP contribution in [0.2, 0.25) is 0 Å². The summed E-state index contributed by atoms with van der Waals surface area (Å²) in [6, 6.07) is 10.1. The van der Waals surface area contributed by atoms with Crippen molar-refractivity contribution in [2.45, 2.75) is 0 Å². The molecule has 0 saturated carbocycles. The Labute approximate surface area is 109 Å². The average molecular weight is 260 g/mol. The maximum atomic E-state index is 13.3. The average Bonchev–Trinajstić information content (AvgIpc) is 2.43. The summed E-state index contributed by atoms with van der Waals surface area (Å²) in [5.41, 5.74) is 6.99. The van der Waals surface area contributed by atoms with Gasteiger partial charge in [-0.15, -0.1) is 0 Å². The lowest BCUT2D eigenvalue weighted by atomic mass is 10.2. The summed E-state index contributed by atoms with van der Waals surface area (Å²) in [6.45, 7) is 1.09. The van der Waals surface area contributed by atoms with Crippen molar-refractivity contribution in [2.24, 2.45) is 0 Å². The van der Waals surface area contributed by atoms with Gasteiger partial charge in [0.15, 0.2) is 11.5 Å². The van der Waals surface area contributed by atoms with Crippen LogP contribution >= 0.6 is 0 Å². The van der Waals surface area contributed by atoms with Gasteiger partial charge in [0.25, 0.3) is 0 Å². The molecule has 98 valence electrons. The number of nitrogens with two attached hydrogens (primary N) is 1. The van der Waals surface area contributed by atoms with Crippen molar-refractivity contribution in [3.63, 3.8) is 0 Å². The molecule has 4 nitrogen and oxygen atoms in total. The van der Waals surface area contributed by atoms with Crippen molar-refractivity contribution < 1.29 is 13.9 Å². The van der Waals surface area contributed by atoms with Crippen molar-refractivity contribution in [2.75, 3.05) is 24.3 Å². The quantitative estimate of drug-likeness (QED) is 0.815. The Hall–Kier alpha value is -2.43. The van der Waals surface area contributed by atoms with Crippen LogP contribution in [-0.2, 0) is 0 Å². The Bertz CT molecular complexity index is 616. The standard InChI is InChI=1S/C14H13FN2O2/c15-11-7-9(1-3-12(11)16)17-10-2-4-13-14(8-10)19-6-5-18-13/h1-4,7-8,17H,5-6,16H2. The minimum Gasteiger partial charge on any atom is -0.486 e. The van der Waals surface area contributed by atoms with Crippen LogP contribution in [0.3, 0.4) is 0 Å². The van der Waals surface area contributed by atoms with E-state index in [9.17, 15) is 4.39 Å². The molecule has 0 unspecified atom stereocenters. The number of nitrogens with one attached hydrogen (secondary N) is 1. The fourth-order valence-electron chi connectivity index (χ4n) is 1.89. The molecule has 0 aromatic heterocycles. The Morgan fingerprint density at radius 2 is 1.63 bits per heavy atom. The van der Waals surface area contributed by atoms with Crippen LogP contribution in [0.5, 0.6) is 11.5 Å². The number of ether oxygens (including phenoxy) is 2. The Morgan fingerprint density at radius 3 is 2.42 bits per heavy atom. The Balaban J connectivity index is 1.84. The van der Waals surface area contributed by atoms with Gasteiger partial charge in [0.1, 0.15) is 19.0 Å². The lowest BCUT2D eigenvalue weighted by Crippen LogP contribution is -2.15. The molecular weight excluding hydrogens is 247 g/mol. The van der Waals surface area contributed by atoms with Crippen molar-refractivity contribution in [1.29, 1.82) is 0 Å². The number of benzene rings is 2. The maximum absolute atomic E-state index is 13.3. The third-order valence-electron chi connectivity index (χ3n) is 2.83. The third kappa shape index (κ3) is 2.40. The zero-order valence-electron chi connectivity index (χ0n) is 10.2. The number of nitrogen functional groups attached to an aromatic ring is 1. The molecule has 19 heavy (non-hydrogen) atoms. The molecule has 0 saturated heterocycles. The predicted molar refractivity (Wildman–Crippen MR) is 71.5 cm³/mol. The summed E-state index contributed by atoms with van der Waals surface area (Å²) < 4.78 is 24.3. The van der Waals surface area contributed by atoms with E-state index in [0.29, 0.717) is 24.7 Å². The van der Waals surface area contributed by atoms with Crippen LogP contribution in [-0.4, -0.2) is 13.2 Å². The van der Waals surface area contributed by atoms with Gasteiger partial charge < -0.3 is 20.5 Å². The van der Waals surface area contributed by atoms with E-state index in [2.05, 4.69) is 5.32 Å². The molecule has 0 spiro atoms. The first-order valence-electron chi connectivity index (χ1n) is 5.94. The van der Waals surface area contributed by atoms with Gasteiger partial charge in [-0.3, -0.25) is 0 Å². The molecule has 1 heterocycles. The fourth-order valence-corrected chi connectivity index (χ4v) is 1.89. The molecule has 0 amide bonds. The maximum Gasteiger partial charge on any atom is 0.163 e. The number of anilines is 3. The van der Waals surface area contributed by atoms with Gasteiger partial charge in [0, 0.05) is 17.4 Å². The van der Waals surface area contributed by atoms with Crippen molar-refractivity contribution in [1.82, 2.24) is 0 Å². The Kier molecular flexibility index (Phi) is 2.87.